The van der Waals surface area contributed by atoms with Crippen molar-refractivity contribution in [2.45, 2.75) is 25.4 Å². The van der Waals surface area contributed by atoms with Crippen molar-refractivity contribution in [1.82, 2.24) is 9.88 Å². The van der Waals surface area contributed by atoms with E-state index in [2.05, 4.69) is 4.98 Å². The molecule has 0 unspecified atom stereocenters. The van der Waals surface area contributed by atoms with Crippen molar-refractivity contribution in [3.05, 3.63) is 65.5 Å². The average molecular weight is 408 g/mol. The molecule has 4 rings (SSSR count). The van der Waals surface area contributed by atoms with Crippen molar-refractivity contribution in [2.75, 3.05) is 26.8 Å². The maximum atomic E-state index is 12.5. The van der Waals surface area contributed by atoms with Crippen LogP contribution in [0.3, 0.4) is 0 Å². The van der Waals surface area contributed by atoms with Gasteiger partial charge in [-0.15, -0.1) is 0 Å². The van der Waals surface area contributed by atoms with Gasteiger partial charge in [-0.2, -0.15) is 0 Å². The molecule has 1 amide bonds. The number of nitrogens with zero attached hydrogens (tertiary/aromatic N) is 2. The number of likely N-dealkylation sites (tertiary alicyclic amines) is 1. The minimum absolute atomic E-state index is 0.188. The molecule has 0 atom stereocenters. The van der Waals surface area contributed by atoms with Gasteiger partial charge < -0.3 is 18.8 Å². The molecule has 1 saturated heterocycles. The van der Waals surface area contributed by atoms with E-state index in [1.54, 1.807) is 30.2 Å². The quantitative estimate of drug-likeness (QED) is 0.581. The average Bonchev–Trinajstić information content (AvgIpc) is 3.22. The fourth-order valence-corrected chi connectivity index (χ4v) is 3.70. The first-order valence-corrected chi connectivity index (χ1v) is 10.0. The highest BCUT2D eigenvalue weighted by atomic mass is 16.5. The lowest BCUT2D eigenvalue weighted by Crippen LogP contribution is -2.40. The second-order valence-corrected chi connectivity index (χ2v) is 7.38. The minimum Gasteiger partial charge on any atom is -0.452 e. The van der Waals surface area contributed by atoms with Gasteiger partial charge in [-0.05, 0) is 42.7 Å². The van der Waals surface area contributed by atoms with Gasteiger partial charge in [0, 0.05) is 26.1 Å². The summed E-state index contributed by atoms with van der Waals surface area (Å²) >= 11 is 0. The van der Waals surface area contributed by atoms with Crippen LogP contribution in [-0.4, -0.2) is 48.6 Å². The Bertz CT molecular complexity index is 1000. The number of benzene rings is 2. The second kappa shape index (κ2) is 9.09. The lowest BCUT2D eigenvalue weighted by Gasteiger charge is -2.30. The monoisotopic (exact) mass is 408 g/mol. The number of carbonyl (C=O) groups excluding carboxylic acids is 2. The van der Waals surface area contributed by atoms with E-state index in [-0.39, 0.29) is 18.4 Å². The van der Waals surface area contributed by atoms with Crippen LogP contribution in [0, 0.1) is 0 Å². The molecule has 0 N–H and O–H groups in total. The van der Waals surface area contributed by atoms with E-state index >= 15 is 0 Å². The molecular formula is C23H24N2O5. The number of esters is 1. The summed E-state index contributed by atoms with van der Waals surface area (Å²) < 4.78 is 16.2. The zero-order valence-electron chi connectivity index (χ0n) is 16.9. The van der Waals surface area contributed by atoms with Gasteiger partial charge in [0.1, 0.15) is 5.52 Å². The lowest BCUT2D eigenvalue weighted by atomic mass is 9.97. The number of carbonyl (C=O) groups is 2. The van der Waals surface area contributed by atoms with Gasteiger partial charge in [-0.1, -0.05) is 24.3 Å². The van der Waals surface area contributed by atoms with Crippen LogP contribution in [0.15, 0.2) is 52.9 Å². The molecule has 0 spiro atoms. The Hall–Kier alpha value is -3.19. The maximum absolute atomic E-state index is 12.5. The third-order valence-corrected chi connectivity index (χ3v) is 5.31. The molecule has 1 aliphatic rings. The fraction of sp³-hybridized carbons (Fsp3) is 0.348. The normalized spacial score (nSPS) is 14.8. The molecular weight excluding hydrogens is 384 g/mol. The summed E-state index contributed by atoms with van der Waals surface area (Å²) in [6, 6.07) is 14.7. The molecule has 1 aliphatic heterocycles. The Labute approximate surface area is 174 Å². The van der Waals surface area contributed by atoms with E-state index < -0.39 is 5.97 Å². The Morgan fingerprint density at radius 1 is 1.13 bits per heavy atom. The number of aromatic nitrogens is 1. The molecule has 156 valence electrons. The van der Waals surface area contributed by atoms with E-state index in [9.17, 15) is 9.59 Å². The van der Waals surface area contributed by atoms with Gasteiger partial charge in [-0.3, -0.25) is 4.79 Å². The highest BCUT2D eigenvalue weighted by molar-refractivity contribution is 5.91. The van der Waals surface area contributed by atoms with Gasteiger partial charge in [0.2, 0.25) is 0 Å². The summed E-state index contributed by atoms with van der Waals surface area (Å²) in [7, 11) is 1.59. The van der Waals surface area contributed by atoms with E-state index in [1.165, 1.54) is 0 Å². The predicted molar refractivity (Wildman–Crippen MR) is 110 cm³/mol. The summed E-state index contributed by atoms with van der Waals surface area (Å²) in [6.07, 6.45) is 1.54. The zero-order chi connectivity index (χ0) is 20.9. The van der Waals surface area contributed by atoms with Gasteiger partial charge in [-0.25, -0.2) is 9.78 Å². The number of fused-ring (bicyclic) bond motifs is 1. The van der Waals surface area contributed by atoms with Crippen LogP contribution < -0.4 is 0 Å². The number of para-hydroxylation sites is 2. The van der Waals surface area contributed by atoms with Crippen LogP contribution in [0.2, 0.25) is 0 Å². The third-order valence-electron chi connectivity index (χ3n) is 5.31. The fourth-order valence-electron chi connectivity index (χ4n) is 3.70. The third kappa shape index (κ3) is 4.52. The summed E-state index contributed by atoms with van der Waals surface area (Å²) in [4.78, 5) is 31.0. The van der Waals surface area contributed by atoms with Crippen molar-refractivity contribution in [3.63, 3.8) is 0 Å². The molecule has 0 saturated carbocycles. The molecule has 7 heteroatoms. The van der Waals surface area contributed by atoms with Gasteiger partial charge in [0.05, 0.1) is 12.2 Å². The van der Waals surface area contributed by atoms with Crippen molar-refractivity contribution >= 4 is 23.0 Å². The summed E-state index contributed by atoms with van der Waals surface area (Å²) in [5, 5.41) is 0. The first-order valence-electron chi connectivity index (χ1n) is 10.0. The van der Waals surface area contributed by atoms with Crippen LogP contribution in [0.5, 0.6) is 0 Å². The molecule has 30 heavy (non-hydrogen) atoms. The number of oxazole rings is 1. The largest absolute Gasteiger partial charge is 0.452 e. The smallest absolute Gasteiger partial charge is 0.338 e. The number of ether oxygens (including phenoxy) is 2. The van der Waals surface area contributed by atoms with Crippen LogP contribution in [0.4, 0.5) is 0 Å². The maximum Gasteiger partial charge on any atom is 0.338 e. The SMILES string of the molecule is COCc1cccc(C(=O)OCC(=O)N2CCC(c3nc4ccccc4o3)CC2)c1. The van der Waals surface area contributed by atoms with E-state index in [0.717, 1.165) is 35.4 Å². The molecule has 3 aromatic rings. The molecule has 0 radical (unpaired) electrons. The predicted octanol–water partition coefficient (Wildman–Crippen LogP) is 3.54. The molecule has 1 fully saturated rings. The topological polar surface area (TPSA) is 81.9 Å². The van der Waals surface area contributed by atoms with E-state index in [0.29, 0.717) is 25.3 Å². The molecule has 0 aliphatic carbocycles. The van der Waals surface area contributed by atoms with Gasteiger partial charge in [0.25, 0.3) is 5.91 Å². The molecule has 0 bridgehead atoms. The van der Waals surface area contributed by atoms with Crippen molar-refractivity contribution < 1.29 is 23.5 Å². The first kappa shape index (κ1) is 20.1. The molecule has 2 heterocycles. The summed E-state index contributed by atoms with van der Waals surface area (Å²) in [5.74, 6) is 0.216. The highest BCUT2D eigenvalue weighted by Crippen LogP contribution is 2.29. The summed E-state index contributed by atoms with van der Waals surface area (Å²) in [5.41, 5.74) is 2.92. The molecule has 2 aromatic carbocycles. The van der Waals surface area contributed by atoms with Crippen molar-refractivity contribution in [3.8, 4) is 0 Å². The molecule has 7 nitrogen and oxygen atoms in total. The Balaban J connectivity index is 1.28. The molecule has 1 aromatic heterocycles. The van der Waals surface area contributed by atoms with Crippen LogP contribution in [-0.2, 0) is 20.9 Å². The Kier molecular flexibility index (Phi) is 6.09. The first-order chi connectivity index (χ1) is 14.6. The van der Waals surface area contributed by atoms with Crippen LogP contribution in [0.1, 0.15) is 40.6 Å². The number of rotatable bonds is 6. The second-order valence-electron chi connectivity index (χ2n) is 7.38. The van der Waals surface area contributed by atoms with Crippen molar-refractivity contribution in [1.29, 1.82) is 0 Å². The standard InChI is InChI=1S/C23H24N2O5/c1-28-14-16-5-4-6-18(13-16)23(27)29-15-21(26)25-11-9-17(10-12-25)22-24-19-7-2-3-8-20(19)30-22/h2-8,13,17H,9-12,14-15H2,1H3. The number of hydrogen-bond donors (Lipinski definition) is 0. The zero-order valence-corrected chi connectivity index (χ0v) is 16.9. The van der Waals surface area contributed by atoms with Gasteiger partial charge in [0.15, 0.2) is 18.1 Å². The Morgan fingerprint density at radius 2 is 1.93 bits per heavy atom. The number of hydrogen-bond acceptors (Lipinski definition) is 6. The van der Waals surface area contributed by atoms with E-state index in [4.69, 9.17) is 13.9 Å². The van der Waals surface area contributed by atoms with Crippen LogP contribution >= 0.6 is 0 Å². The Morgan fingerprint density at radius 3 is 2.70 bits per heavy atom. The number of amides is 1. The van der Waals surface area contributed by atoms with Crippen LogP contribution in [0.25, 0.3) is 11.1 Å². The van der Waals surface area contributed by atoms with Crippen molar-refractivity contribution in [2.24, 2.45) is 0 Å². The highest BCUT2D eigenvalue weighted by Gasteiger charge is 2.27. The minimum atomic E-state index is -0.511. The number of methoxy groups -OCH3 is 1. The van der Waals surface area contributed by atoms with E-state index in [1.807, 2.05) is 30.3 Å². The van der Waals surface area contributed by atoms with Gasteiger partial charge >= 0.3 is 5.97 Å². The number of piperidine rings is 1. The summed E-state index contributed by atoms with van der Waals surface area (Å²) in [6.45, 7) is 1.32. The lowest BCUT2D eigenvalue weighted by molar-refractivity contribution is -0.135.